The number of hydrogen-bond donors (Lipinski definition) is 1. The lowest BCUT2D eigenvalue weighted by Crippen LogP contribution is -2.14. The average Bonchev–Trinajstić information content (AvgIpc) is 2.80. The number of carbonyl (C=O) groups is 1. The third kappa shape index (κ3) is 2.83. The molecule has 8 heteroatoms. The average molecular weight is 299 g/mol. The number of anilines is 1. The molecule has 0 fully saturated rings. The predicted molar refractivity (Wildman–Crippen MR) is 68.9 cm³/mol. The highest BCUT2D eigenvalue weighted by molar-refractivity contribution is 5.94. The van der Waals surface area contributed by atoms with Crippen molar-refractivity contribution in [3.05, 3.63) is 41.6 Å². The first-order valence-electron chi connectivity index (χ1n) is 6.03. The molecule has 21 heavy (non-hydrogen) atoms. The summed E-state index contributed by atoms with van der Waals surface area (Å²) in [6.07, 6.45) is -3.47. The quantitative estimate of drug-likeness (QED) is 0.885. The molecule has 1 heterocycles. The van der Waals surface area contributed by atoms with Gasteiger partial charge < -0.3 is 10.5 Å². The van der Waals surface area contributed by atoms with Crippen molar-refractivity contribution >= 4 is 11.8 Å². The van der Waals surface area contributed by atoms with E-state index in [0.717, 1.165) is 16.9 Å². The molecule has 112 valence electrons. The summed E-state index contributed by atoms with van der Waals surface area (Å²) in [7, 11) is 0. The number of ether oxygens (including phenoxy) is 1. The molecule has 0 spiro atoms. The van der Waals surface area contributed by atoms with Gasteiger partial charge in [0.25, 0.3) is 0 Å². The van der Waals surface area contributed by atoms with Crippen LogP contribution in [0.25, 0.3) is 5.69 Å². The summed E-state index contributed by atoms with van der Waals surface area (Å²) in [4.78, 5) is 11.6. The van der Waals surface area contributed by atoms with Crippen molar-refractivity contribution in [1.29, 1.82) is 0 Å². The summed E-state index contributed by atoms with van der Waals surface area (Å²) < 4.78 is 44.6. The van der Waals surface area contributed by atoms with E-state index < -0.39 is 17.7 Å². The number of para-hydroxylation sites is 1. The molecule has 0 aliphatic rings. The molecule has 0 radical (unpaired) electrons. The summed E-state index contributed by atoms with van der Waals surface area (Å²) in [5.41, 5.74) is 4.49. The number of alkyl halides is 3. The number of nitrogens with zero attached hydrogens (tertiary/aromatic N) is 2. The number of esters is 1. The van der Waals surface area contributed by atoms with Crippen LogP contribution >= 0.6 is 0 Å². The summed E-state index contributed by atoms with van der Waals surface area (Å²) in [5.74, 6) is -0.934. The number of benzene rings is 1. The maximum absolute atomic E-state index is 13.0. The van der Waals surface area contributed by atoms with Crippen LogP contribution in [0.5, 0.6) is 0 Å². The number of carbonyl (C=O) groups excluding carboxylic acids is 1. The van der Waals surface area contributed by atoms with Crippen molar-refractivity contribution in [2.75, 3.05) is 12.3 Å². The number of halogens is 3. The lowest BCUT2D eigenvalue weighted by Gasteiger charge is -2.13. The van der Waals surface area contributed by atoms with Crippen molar-refractivity contribution in [3.63, 3.8) is 0 Å². The molecule has 5 nitrogen and oxygen atoms in total. The zero-order valence-electron chi connectivity index (χ0n) is 11.0. The van der Waals surface area contributed by atoms with Crippen LogP contribution in [0.3, 0.4) is 0 Å². The fraction of sp³-hybridized carbons (Fsp3) is 0.231. The highest BCUT2D eigenvalue weighted by Gasteiger charge is 2.34. The van der Waals surface area contributed by atoms with Gasteiger partial charge in [0.2, 0.25) is 0 Å². The van der Waals surface area contributed by atoms with E-state index in [4.69, 9.17) is 10.5 Å². The van der Waals surface area contributed by atoms with E-state index in [1.807, 2.05) is 0 Å². The highest BCUT2D eigenvalue weighted by atomic mass is 19.4. The Labute approximate surface area is 118 Å². The van der Waals surface area contributed by atoms with Crippen LogP contribution in [0.1, 0.15) is 22.8 Å². The molecule has 0 unspecified atom stereocenters. The molecule has 0 saturated heterocycles. The first-order valence-corrected chi connectivity index (χ1v) is 6.03. The number of aromatic nitrogens is 2. The van der Waals surface area contributed by atoms with Crippen LogP contribution in [-0.2, 0) is 10.9 Å². The van der Waals surface area contributed by atoms with Gasteiger partial charge >= 0.3 is 12.1 Å². The summed E-state index contributed by atoms with van der Waals surface area (Å²) in [5, 5.41) is 3.75. The molecule has 2 N–H and O–H groups in total. The van der Waals surface area contributed by atoms with E-state index in [1.165, 1.54) is 18.2 Å². The van der Waals surface area contributed by atoms with Gasteiger partial charge in [-0.05, 0) is 19.1 Å². The van der Waals surface area contributed by atoms with Gasteiger partial charge in [0.1, 0.15) is 11.4 Å². The number of hydrogen-bond acceptors (Lipinski definition) is 4. The molecule has 0 amide bonds. The zero-order chi connectivity index (χ0) is 15.6. The van der Waals surface area contributed by atoms with Crippen molar-refractivity contribution in [1.82, 2.24) is 9.78 Å². The Hall–Kier alpha value is -2.51. The van der Waals surface area contributed by atoms with E-state index >= 15 is 0 Å². The Balaban J connectivity index is 2.52. The Morgan fingerprint density at radius 1 is 1.38 bits per heavy atom. The topological polar surface area (TPSA) is 70.1 Å². The van der Waals surface area contributed by atoms with Crippen LogP contribution in [0.2, 0.25) is 0 Å². The highest BCUT2D eigenvalue weighted by Crippen LogP contribution is 2.34. The van der Waals surface area contributed by atoms with Crippen LogP contribution < -0.4 is 5.73 Å². The van der Waals surface area contributed by atoms with Gasteiger partial charge in [0, 0.05) is 0 Å². The van der Waals surface area contributed by atoms with E-state index in [0.29, 0.717) is 0 Å². The Morgan fingerprint density at radius 3 is 2.67 bits per heavy atom. The smallest absolute Gasteiger partial charge is 0.418 e. The molecule has 0 aliphatic carbocycles. The van der Waals surface area contributed by atoms with E-state index in [1.54, 1.807) is 6.92 Å². The second-order valence-electron chi connectivity index (χ2n) is 4.09. The third-order valence-electron chi connectivity index (χ3n) is 2.74. The van der Waals surface area contributed by atoms with Crippen LogP contribution in [0.15, 0.2) is 30.5 Å². The van der Waals surface area contributed by atoms with Gasteiger partial charge in [0.15, 0.2) is 0 Å². The molecule has 1 aromatic heterocycles. The maximum atomic E-state index is 13.0. The first-order chi connectivity index (χ1) is 9.86. The Kier molecular flexibility index (Phi) is 3.88. The maximum Gasteiger partial charge on any atom is 0.418 e. The second-order valence-corrected chi connectivity index (χ2v) is 4.09. The van der Waals surface area contributed by atoms with Gasteiger partial charge in [-0.2, -0.15) is 18.3 Å². The van der Waals surface area contributed by atoms with Crippen molar-refractivity contribution in [2.24, 2.45) is 0 Å². The molecule has 2 aromatic rings. The largest absolute Gasteiger partial charge is 0.462 e. The van der Waals surface area contributed by atoms with Crippen LogP contribution in [0.4, 0.5) is 19.0 Å². The second kappa shape index (κ2) is 5.47. The van der Waals surface area contributed by atoms with Crippen molar-refractivity contribution < 1.29 is 22.7 Å². The minimum atomic E-state index is -4.56. The normalized spacial score (nSPS) is 11.4. The molecule has 0 atom stereocenters. The van der Waals surface area contributed by atoms with Crippen molar-refractivity contribution in [2.45, 2.75) is 13.1 Å². The number of nitrogen functional groups attached to an aromatic ring is 1. The van der Waals surface area contributed by atoms with E-state index in [-0.39, 0.29) is 23.7 Å². The van der Waals surface area contributed by atoms with E-state index in [2.05, 4.69) is 5.10 Å². The first kappa shape index (κ1) is 14.9. The number of nitrogens with two attached hydrogens (primary N) is 1. The SMILES string of the molecule is CCOC(=O)c1cnn(-c2ccccc2C(F)(F)F)c1N. The number of rotatable bonds is 3. The minimum absolute atomic E-state index is 0.0752. The fourth-order valence-electron chi connectivity index (χ4n) is 1.81. The monoisotopic (exact) mass is 299 g/mol. The van der Waals surface area contributed by atoms with Gasteiger partial charge in [-0.25, -0.2) is 9.48 Å². The molecule has 2 rings (SSSR count). The third-order valence-corrected chi connectivity index (χ3v) is 2.74. The molecule has 1 aromatic carbocycles. The van der Waals surface area contributed by atoms with Crippen molar-refractivity contribution in [3.8, 4) is 5.69 Å². The predicted octanol–water partition coefficient (Wildman–Crippen LogP) is 2.65. The molecule has 0 saturated carbocycles. The fourth-order valence-corrected chi connectivity index (χ4v) is 1.81. The summed E-state index contributed by atoms with van der Waals surface area (Å²) >= 11 is 0. The summed E-state index contributed by atoms with van der Waals surface area (Å²) in [6.45, 7) is 1.74. The van der Waals surface area contributed by atoms with Gasteiger partial charge in [-0.1, -0.05) is 12.1 Å². The standard InChI is InChI=1S/C13H12F3N3O2/c1-2-21-12(20)8-7-18-19(11(8)17)10-6-4-3-5-9(10)13(14,15)16/h3-7H,2,17H2,1H3. The summed E-state index contributed by atoms with van der Waals surface area (Å²) in [6, 6.07) is 4.83. The Morgan fingerprint density at radius 2 is 2.05 bits per heavy atom. The van der Waals surface area contributed by atoms with Gasteiger partial charge in [0.05, 0.1) is 24.1 Å². The molecule has 0 bridgehead atoms. The van der Waals surface area contributed by atoms with E-state index in [9.17, 15) is 18.0 Å². The van der Waals surface area contributed by atoms with Gasteiger partial charge in [-0.15, -0.1) is 0 Å². The lowest BCUT2D eigenvalue weighted by atomic mass is 10.1. The lowest BCUT2D eigenvalue weighted by molar-refractivity contribution is -0.137. The van der Waals surface area contributed by atoms with Crippen LogP contribution in [-0.4, -0.2) is 22.4 Å². The molecule has 0 aliphatic heterocycles. The van der Waals surface area contributed by atoms with Gasteiger partial charge in [-0.3, -0.25) is 0 Å². The molecular formula is C13H12F3N3O2. The Bertz CT molecular complexity index is 665. The zero-order valence-corrected chi connectivity index (χ0v) is 11.0. The molecular weight excluding hydrogens is 287 g/mol. The van der Waals surface area contributed by atoms with Crippen LogP contribution in [0, 0.1) is 0 Å². The minimum Gasteiger partial charge on any atom is -0.462 e.